The largest absolute Gasteiger partial charge is 0.455 e. The summed E-state index contributed by atoms with van der Waals surface area (Å²) in [7, 11) is 0. The number of hydrogen-bond donors (Lipinski definition) is 0. The van der Waals surface area contributed by atoms with Gasteiger partial charge in [-0.2, -0.15) is 0 Å². The molecule has 2 aromatic heterocycles. The Hall–Kier alpha value is -7.26. The van der Waals surface area contributed by atoms with Gasteiger partial charge in [0.05, 0.1) is 5.41 Å². The second kappa shape index (κ2) is 11.4. The van der Waals surface area contributed by atoms with Gasteiger partial charge in [0.15, 0.2) is 0 Å². The first-order valence-electron chi connectivity index (χ1n) is 20.4. The molecule has 1 unspecified atom stereocenters. The first kappa shape index (κ1) is 31.8. The van der Waals surface area contributed by atoms with E-state index in [4.69, 9.17) is 4.42 Å². The number of hydrogen-bond acceptors (Lipinski definition) is 2. The van der Waals surface area contributed by atoms with Crippen LogP contribution >= 0.6 is 11.3 Å². The highest BCUT2D eigenvalue weighted by Gasteiger charge is 2.54. The first-order valence-corrected chi connectivity index (χ1v) is 21.2. The van der Waals surface area contributed by atoms with Gasteiger partial charge in [0, 0.05) is 36.5 Å². The molecule has 0 amide bonds. The zero-order valence-electron chi connectivity index (χ0n) is 31.8. The van der Waals surface area contributed by atoms with Crippen LogP contribution in [0.1, 0.15) is 22.3 Å². The van der Waals surface area contributed by atoms with Crippen molar-refractivity contribution in [2.45, 2.75) is 5.41 Å². The molecule has 2 heteroatoms. The minimum atomic E-state index is -0.618. The SMILES string of the molecule is c1ccc(-c2cc3c(c4c2sc2ccccc24)-c2c(cc(-c4cccc5ccccc45)c4oc5ccccc5c24)C32c3ccccc3-c3c2ccc2ccccc32)cc1. The van der Waals surface area contributed by atoms with E-state index in [-0.39, 0.29) is 0 Å². The molecular weight excluding hydrogens is 733 g/mol. The number of furan rings is 1. The highest BCUT2D eigenvalue weighted by molar-refractivity contribution is 7.26. The molecule has 0 bridgehead atoms. The van der Waals surface area contributed by atoms with Gasteiger partial charge >= 0.3 is 0 Å². The number of fused-ring (bicyclic) bond motifs is 21. The fraction of sp³-hybridized carbons (Fsp3) is 0.0175. The maximum atomic E-state index is 7.15. The number of rotatable bonds is 2. The van der Waals surface area contributed by atoms with Crippen molar-refractivity contribution in [2.24, 2.45) is 0 Å². The van der Waals surface area contributed by atoms with E-state index in [1.165, 1.54) is 108 Å². The van der Waals surface area contributed by atoms with Crippen LogP contribution in [-0.2, 0) is 5.41 Å². The average molecular weight is 765 g/mol. The van der Waals surface area contributed by atoms with Gasteiger partial charge in [0.2, 0.25) is 0 Å². The molecule has 272 valence electrons. The monoisotopic (exact) mass is 764 g/mol. The summed E-state index contributed by atoms with van der Waals surface area (Å²) in [6, 6.07) is 72.3. The lowest BCUT2D eigenvalue weighted by Crippen LogP contribution is -2.26. The fourth-order valence-electron chi connectivity index (χ4n) is 11.2. The molecule has 0 fully saturated rings. The summed E-state index contributed by atoms with van der Waals surface area (Å²) in [5.41, 5.74) is 16.6. The lowest BCUT2D eigenvalue weighted by Gasteiger charge is -2.31. The van der Waals surface area contributed by atoms with Crippen LogP contribution in [0, 0.1) is 0 Å². The van der Waals surface area contributed by atoms with Crippen LogP contribution in [-0.4, -0.2) is 0 Å². The maximum absolute atomic E-state index is 7.15. The Morgan fingerprint density at radius 1 is 0.373 bits per heavy atom. The molecule has 59 heavy (non-hydrogen) atoms. The molecule has 10 aromatic carbocycles. The van der Waals surface area contributed by atoms with Gasteiger partial charge in [-0.05, 0) is 107 Å². The second-order valence-electron chi connectivity index (χ2n) is 16.2. The molecule has 0 saturated heterocycles. The number of thiophene rings is 1. The average Bonchev–Trinajstić information content (AvgIpc) is 4.04. The van der Waals surface area contributed by atoms with Crippen LogP contribution in [0.2, 0.25) is 0 Å². The van der Waals surface area contributed by atoms with E-state index in [1.54, 1.807) is 0 Å². The summed E-state index contributed by atoms with van der Waals surface area (Å²) in [6.07, 6.45) is 0. The van der Waals surface area contributed by atoms with Crippen molar-refractivity contribution in [3.8, 4) is 44.5 Å². The quantitative estimate of drug-likeness (QED) is 0.171. The first-order chi connectivity index (χ1) is 29.3. The standard InChI is InChI=1S/C57H32OS/c1-2-15-34(16-3-1)42-31-46-54(52-41-24-10-13-28-49(41)59-56(42)52)53-47(57(46)44-26-11-8-22-39(44)50-37-21-7-5-18-35(37)29-30-45(50)57)32-43(38-25-14-19-33-17-4-6-20-36(33)38)55-51(53)40-23-9-12-27-48(40)58-55/h1-32H. The van der Waals surface area contributed by atoms with Crippen LogP contribution in [0.5, 0.6) is 0 Å². The summed E-state index contributed by atoms with van der Waals surface area (Å²) in [5.74, 6) is 0. The third kappa shape index (κ3) is 3.95. The number of benzene rings is 10. The highest BCUT2D eigenvalue weighted by atomic mass is 32.1. The summed E-state index contributed by atoms with van der Waals surface area (Å²) >= 11 is 1.92. The molecule has 2 aliphatic rings. The van der Waals surface area contributed by atoms with Crippen LogP contribution in [0.15, 0.2) is 199 Å². The Morgan fingerprint density at radius 2 is 1.00 bits per heavy atom. The predicted molar refractivity (Wildman–Crippen MR) is 249 cm³/mol. The van der Waals surface area contributed by atoms with E-state index in [2.05, 4.69) is 194 Å². The predicted octanol–water partition coefficient (Wildman–Crippen LogP) is 15.9. The third-order valence-corrected chi connectivity index (χ3v) is 14.7. The Labute approximate surface area is 344 Å². The summed E-state index contributed by atoms with van der Waals surface area (Å²) in [5, 5.41) is 9.95. The van der Waals surface area contributed by atoms with E-state index in [9.17, 15) is 0 Å². The smallest absolute Gasteiger partial charge is 0.143 e. The van der Waals surface area contributed by atoms with E-state index in [0.29, 0.717) is 0 Å². The molecule has 0 aliphatic heterocycles. The van der Waals surface area contributed by atoms with Gasteiger partial charge in [-0.15, -0.1) is 11.3 Å². The second-order valence-corrected chi connectivity index (χ2v) is 17.2. The normalized spacial score (nSPS) is 15.2. The van der Waals surface area contributed by atoms with Crippen LogP contribution in [0.4, 0.5) is 0 Å². The lowest BCUT2D eigenvalue weighted by molar-refractivity contribution is 0.669. The fourth-order valence-corrected chi connectivity index (χ4v) is 12.4. The molecule has 1 spiro atoms. The topological polar surface area (TPSA) is 13.1 Å². The van der Waals surface area contributed by atoms with Crippen molar-refractivity contribution in [1.82, 2.24) is 0 Å². The van der Waals surface area contributed by atoms with Gasteiger partial charge in [-0.1, -0.05) is 170 Å². The Kier molecular flexibility index (Phi) is 6.16. The van der Waals surface area contributed by atoms with E-state index >= 15 is 0 Å². The van der Waals surface area contributed by atoms with Gasteiger partial charge in [0.25, 0.3) is 0 Å². The van der Waals surface area contributed by atoms with Gasteiger partial charge in [-0.3, -0.25) is 0 Å². The molecule has 14 rings (SSSR count). The van der Waals surface area contributed by atoms with Crippen molar-refractivity contribution in [3.63, 3.8) is 0 Å². The molecule has 1 atom stereocenters. The van der Waals surface area contributed by atoms with Crippen molar-refractivity contribution >= 4 is 75.0 Å². The Bertz CT molecular complexity index is 3780. The summed E-state index contributed by atoms with van der Waals surface area (Å²) < 4.78 is 9.77. The molecule has 2 heterocycles. The molecular formula is C57H32OS. The van der Waals surface area contributed by atoms with Crippen molar-refractivity contribution in [3.05, 3.63) is 216 Å². The Balaban J connectivity index is 1.28. The van der Waals surface area contributed by atoms with E-state index < -0.39 is 5.41 Å². The lowest BCUT2D eigenvalue weighted by atomic mass is 9.69. The van der Waals surface area contributed by atoms with Crippen molar-refractivity contribution in [2.75, 3.05) is 0 Å². The van der Waals surface area contributed by atoms with Gasteiger partial charge in [-0.25, -0.2) is 0 Å². The molecule has 0 saturated carbocycles. The minimum Gasteiger partial charge on any atom is -0.455 e. The molecule has 0 radical (unpaired) electrons. The number of para-hydroxylation sites is 1. The highest BCUT2D eigenvalue weighted by Crippen LogP contribution is 2.68. The zero-order chi connectivity index (χ0) is 38.4. The zero-order valence-corrected chi connectivity index (χ0v) is 32.6. The summed E-state index contributed by atoms with van der Waals surface area (Å²) in [4.78, 5) is 0. The summed E-state index contributed by atoms with van der Waals surface area (Å²) in [6.45, 7) is 0. The van der Waals surface area contributed by atoms with Crippen LogP contribution in [0.25, 0.3) is 108 Å². The van der Waals surface area contributed by atoms with E-state index in [0.717, 1.165) is 22.1 Å². The molecule has 2 aliphatic carbocycles. The van der Waals surface area contributed by atoms with Crippen LogP contribution < -0.4 is 0 Å². The van der Waals surface area contributed by atoms with E-state index in [1.807, 2.05) is 11.3 Å². The molecule has 12 aromatic rings. The maximum Gasteiger partial charge on any atom is 0.143 e. The van der Waals surface area contributed by atoms with Crippen molar-refractivity contribution in [1.29, 1.82) is 0 Å². The Morgan fingerprint density at radius 3 is 1.86 bits per heavy atom. The van der Waals surface area contributed by atoms with Crippen LogP contribution in [0.3, 0.4) is 0 Å². The minimum absolute atomic E-state index is 0.618. The third-order valence-electron chi connectivity index (χ3n) is 13.5. The van der Waals surface area contributed by atoms with Gasteiger partial charge in [0.1, 0.15) is 11.2 Å². The van der Waals surface area contributed by atoms with Crippen molar-refractivity contribution < 1.29 is 4.42 Å². The molecule has 1 nitrogen and oxygen atoms in total. The van der Waals surface area contributed by atoms with Gasteiger partial charge < -0.3 is 4.42 Å². The molecule has 0 N–H and O–H groups in total.